The summed E-state index contributed by atoms with van der Waals surface area (Å²) in [5.41, 5.74) is 5.24. The zero-order valence-electron chi connectivity index (χ0n) is 18.9. The van der Waals surface area contributed by atoms with Gasteiger partial charge in [0.1, 0.15) is 12.6 Å². The summed E-state index contributed by atoms with van der Waals surface area (Å²) in [6, 6.07) is 15.0. The molecule has 1 heterocycles. The highest BCUT2D eigenvalue weighted by atomic mass is 16.5. The maximum absolute atomic E-state index is 12.5. The number of nitrogens with one attached hydrogen (secondary N) is 3. The Balaban J connectivity index is 1.09. The van der Waals surface area contributed by atoms with Gasteiger partial charge in [0.25, 0.3) is 0 Å². The van der Waals surface area contributed by atoms with Crippen molar-refractivity contribution < 1.29 is 24.2 Å². The van der Waals surface area contributed by atoms with Crippen molar-refractivity contribution in [1.82, 2.24) is 20.6 Å². The number of carbonyl (C=O) groups is 3. The number of aliphatic carboxylic acids is 1. The van der Waals surface area contributed by atoms with Crippen molar-refractivity contribution in [1.29, 1.82) is 0 Å². The number of rotatable bonds is 8. The van der Waals surface area contributed by atoms with Crippen LogP contribution in [0.3, 0.4) is 0 Å². The number of alkyl carbamates (subject to hydrolysis) is 1. The summed E-state index contributed by atoms with van der Waals surface area (Å²) >= 11 is 0. The first-order chi connectivity index (χ1) is 17.0. The van der Waals surface area contributed by atoms with Crippen LogP contribution in [-0.4, -0.2) is 51.7 Å². The molecule has 1 atom stereocenters. The predicted octanol–water partition coefficient (Wildman–Crippen LogP) is 2.84. The second-order valence-corrected chi connectivity index (χ2v) is 9.02. The van der Waals surface area contributed by atoms with Crippen LogP contribution in [0.2, 0.25) is 0 Å². The van der Waals surface area contributed by atoms with Crippen LogP contribution in [0.4, 0.5) is 4.79 Å². The number of aromatic nitrogens is 2. The highest BCUT2D eigenvalue weighted by Gasteiger charge is 2.37. The van der Waals surface area contributed by atoms with Gasteiger partial charge in [0, 0.05) is 36.2 Å². The van der Waals surface area contributed by atoms with Crippen LogP contribution >= 0.6 is 0 Å². The van der Waals surface area contributed by atoms with E-state index in [-0.39, 0.29) is 36.8 Å². The Morgan fingerprint density at radius 1 is 1.06 bits per heavy atom. The van der Waals surface area contributed by atoms with E-state index in [1.54, 1.807) is 0 Å². The summed E-state index contributed by atoms with van der Waals surface area (Å²) < 4.78 is 5.56. The van der Waals surface area contributed by atoms with Crippen molar-refractivity contribution in [3.63, 3.8) is 0 Å². The van der Waals surface area contributed by atoms with E-state index in [0.29, 0.717) is 18.5 Å². The molecule has 1 saturated carbocycles. The fourth-order valence-corrected chi connectivity index (χ4v) is 4.86. The molecule has 0 radical (unpaired) electrons. The largest absolute Gasteiger partial charge is 0.480 e. The second-order valence-electron chi connectivity index (χ2n) is 9.02. The third-order valence-corrected chi connectivity index (χ3v) is 6.77. The molecule has 0 bridgehead atoms. The average molecular weight is 475 g/mol. The van der Waals surface area contributed by atoms with E-state index in [1.165, 1.54) is 12.5 Å². The third-order valence-electron chi connectivity index (χ3n) is 6.77. The van der Waals surface area contributed by atoms with Crippen molar-refractivity contribution >= 4 is 18.0 Å². The number of carbonyl (C=O) groups excluding carboxylic acids is 2. The second kappa shape index (κ2) is 9.61. The normalized spacial score (nSPS) is 19.1. The maximum atomic E-state index is 12.5. The summed E-state index contributed by atoms with van der Waals surface area (Å²) in [4.78, 5) is 43.1. The van der Waals surface area contributed by atoms with Gasteiger partial charge in [-0.2, -0.15) is 0 Å². The number of fused-ring (bicyclic) bond motifs is 3. The van der Waals surface area contributed by atoms with Gasteiger partial charge < -0.3 is 25.5 Å². The first kappa shape index (κ1) is 22.6. The summed E-state index contributed by atoms with van der Waals surface area (Å²) in [5, 5.41) is 14.8. The van der Waals surface area contributed by atoms with E-state index in [1.807, 2.05) is 24.3 Å². The molecule has 0 unspecified atom stereocenters. The van der Waals surface area contributed by atoms with Gasteiger partial charge in [-0.25, -0.2) is 14.6 Å². The molecule has 9 nitrogen and oxygen atoms in total. The van der Waals surface area contributed by atoms with Crippen LogP contribution in [-0.2, 0) is 20.7 Å². The molecule has 1 aromatic heterocycles. The van der Waals surface area contributed by atoms with Gasteiger partial charge >= 0.3 is 12.1 Å². The van der Waals surface area contributed by atoms with E-state index < -0.39 is 18.1 Å². The number of hydrogen-bond acceptors (Lipinski definition) is 5. The number of carboxylic acids is 1. The number of ether oxygens (including phenoxy) is 1. The van der Waals surface area contributed by atoms with Gasteiger partial charge in [-0.05, 0) is 35.1 Å². The number of nitrogens with zero attached hydrogens (tertiary/aromatic N) is 1. The topological polar surface area (TPSA) is 133 Å². The monoisotopic (exact) mass is 474 g/mol. The summed E-state index contributed by atoms with van der Waals surface area (Å²) in [6.45, 7) is 0.227. The zero-order valence-corrected chi connectivity index (χ0v) is 18.9. The lowest BCUT2D eigenvalue weighted by Gasteiger charge is -2.35. The molecule has 0 spiro atoms. The molecule has 35 heavy (non-hydrogen) atoms. The van der Waals surface area contributed by atoms with Crippen molar-refractivity contribution in [2.45, 2.75) is 37.3 Å². The van der Waals surface area contributed by atoms with Crippen LogP contribution in [0.5, 0.6) is 0 Å². The molecule has 2 aliphatic rings. The molecule has 1 fully saturated rings. The highest BCUT2D eigenvalue weighted by Crippen LogP contribution is 2.44. The van der Waals surface area contributed by atoms with Gasteiger partial charge in [-0.15, -0.1) is 0 Å². The molecule has 180 valence electrons. The number of carboxylic acid groups (broad SMARTS) is 1. The Bertz CT molecular complexity index is 1190. The average Bonchev–Trinajstić information content (AvgIpc) is 3.45. The first-order valence-corrected chi connectivity index (χ1v) is 11.6. The van der Waals surface area contributed by atoms with Crippen LogP contribution in [0.15, 0.2) is 61.1 Å². The van der Waals surface area contributed by atoms with E-state index >= 15 is 0 Å². The molecule has 5 rings (SSSR count). The zero-order chi connectivity index (χ0) is 24.4. The minimum absolute atomic E-state index is 0.0177. The van der Waals surface area contributed by atoms with Gasteiger partial charge in [-0.1, -0.05) is 48.5 Å². The number of aromatic amines is 1. The lowest BCUT2D eigenvalue weighted by molar-refractivity contribution is -0.143. The van der Waals surface area contributed by atoms with E-state index in [4.69, 9.17) is 4.74 Å². The molecule has 0 aliphatic heterocycles. The number of H-pyrrole nitrogens is 1. The van der Waals surface area contributed by atoms with Crippen molar-refractivity contribution in [2.75, 3.05) is 6.61 Å². The Labute approximate surface area is 201 Å². The van der Waals surface area contributed by atoms with E-state index in [0.717, 1.165) is 22.3 Å². The minimum Gasteiger partial charge on any atom is -0.480 e. The summed E-state index contributed by atoms with van der Waals surface area (Å²) in [5.74, 6) is -1.81. The van der Waals surface area contributed by atoms with Crippen molar-refractivity contribution in [3.05, 3.63) is 77.9 Å². The molecule has 0 saturated heterocycles. The number of hydrogen-bond donors (Lipinski definition) is 4. The van der Waals surface area contributed by atoms with Gasteiger partial charge in [0.2, 0.25) is 5.91 Å². The molecular formula is C26H26N4O5. The van der Waals surface area contributed by atoms with Crippen LogP contribution in [0.1, 0.15) is 35.6 Å². The number of benzene rings is 2. The Hall–Kier alpha value is -4.14. The Kier molecular flexibility index (Phi) is 6.22. The van der Waals surface area contributed by atoms with Crippen LogP contribution in [0.25, 0.3) is 11.1 Å². The van der Waals surface area contributed by atoms with Crippen molar-refractivity contribution in [3.8, 4) is 11.1 Å². The SMILES string of the molecule is O=C(NC1CC(C(=O)N[C@H](Cc2cnc[nH]2)C(=O)O)C1)OCC1c2ccccc2-c2ccccc21. The highest BCUT2D eigenvalue weighted by molar-refractivity contribution is 5.86. The Morgan fingerprint density at radius 3 is 2.31 bits per heavy atom. The van der Waals surface area contributed by atoms with Crippen LogP contribution < -0.4 is 10.6 Å². The molecular weight excluding hydrogens is 448 g/mol. The van der Waals surface area contributed by atoms with Crippen molar-refractivity contribution in [2.24, 2.45) is 5.92 Å². The molecule has 2 aromatic carbocycles. The summed E-state index contributed by atoms with van der Waals surface area (Å²) in [6.07, 6.45) is 3.47. The minimum atomic E-state index is -1.11. The Morgan fingerprint density at radius 2 is 1.71 bits per heavy atom. The molecule has 2 amide bonds. The lowest BCUT2D eigenvalue weighted by atomic mass is 9.79. The van der Waals surface area contributed by atoms with Gasteiger partial charge in [-0.3, -0.25) is 4.79 Å². The molecule has 3 aromatic rings. The molecule has 4 N–H and O–H groups in total. The third kappa shape index (κ3) is 4.75. The molecule has 9 heteroatoms. The number of amides is 2. The quantitative estimate of drug-likeness (QED) is 0.397. The van der Waals surface area contributed by atoms with Gasteiger partial charge in [0.15, 0.2) is 0 Å². The van der Waals surface area contributed by atoms with E-state index in [2.05, 4.69) is 44.9 Å². The maximum Gasteiger partial charge on any atom is 0.407 e. The fourth-order valence-electron chi connectivity index (χ4n) is 4.86. The smallest absolute Gasteiger partial charge is 0.407 e. The number of imidazole rings is 1. The predicted molar refractivity (Wildman–Crippen MR) is 127 cm³/mol. The van der Waals surface area contributed by atoms with E-state index in [9.17, 15) is 19.5 Å². The standard InChI is InChI=1S/C26H26N4O5/c31-24(30-23(25(32)33)11-17-12-27-14-28-17)15-9-16(10-15)29-26(34)35-13-22-20-7-3-1-5-18(20)19-6-2-4-8-21(19)22/h1-8,12,14-16,22-23H,9-11,13H2,(H,27,28)(H,29,34)(H,30,31)(H,32,33)/t15?,16?,23-/m1/s1. The first-order valence-electron chi connectivity index (χ1n) is 11.6. The molecule has 2 aliphatic carbocycles. The summed E-state index contributed by atoms with van der Waals surface area (Å²) in [7, 11) is 0. The van der Waals surface area contributed by atoms with Gasteiger partial charge in [0.05, 0.1) is 6.33 Å². The van der Waals surface area contributed by atoms with Crippen LogP contribution in [0, 0.1) is 5.92 Å². The fraction of sp³-hybridized carbons (Fsp3) is 0.308. The lowest BCUT2D eigenvalue weighted by Crippen LogP contribution is -2.52.